The molecule has 2 rings (SSSR count). The van der Waals surface area contributed by atoms with Gasteiger partial charge < -0.3 is 5.73 Å². The number of nitrogens with one attached hydrogen (secondary N) is 1. The number of rotatable bonds is 3. The smallest absolute Gasteiger partial charge is 0.264 e. The number of halogens is 2. The molecule has 0 aromatic heterocycles. The van der Waals surface area contributed by atoms with E-state index in [1.54, 1.807) is 30.3 Å². The Morgan fingerprint density at radius 2 is 1.79 bits per heavy atom. The Hall–Kier alpha value is -1.60. The van der Waals surface area contributed by atoms with Gasteiger partial charge in [-0.25, -0.2) is 12.8 Å². The van der Waals surface area contributed by atoms with Crippen LogP contribution in [-0.4, -0.2) is 8.42 Å². The van der Waals surface area contributed by atoms with Crippen molar-refractivity contribution in [3.8, 4) is 0 Å². The highest BCUT2D eigenvalue weighted by atomic mass is 79.9. The van der Waals surface area contributed by atoms with Gasteiger partial charge in [-0.05, 0) is 40.2 Å². The highest BCUT2D eigenvalue weighted by molar-refractivity contribution is 9.10. The van der Waals surface area contributed by atoms with Gasteiger partial charge in [0.25, 0.3) is 10.0 Å². The van der Waals surface area contributed by atoms with E-state index in [2.05, 4.69) is 20.7 Å². The summed E-state index contributed by atoms with van der Waals surface area (Å²) in [5, 5.41) is 0. The number of benzene rings is 2. The lowest BCUT2D eigenvalue weighted by molar-refractivity contribution is 0.570. The van der Waals surface area contributed by atoms with Crippen LogP contribution in [0.25, 0.3) is 0 Å². The molecule has 3 N–H and O–H groups in total. The van der Waals surface area contributed by atoms with Gasteiger partial charge in [0.1, 0.15) is 10.7 Å². The van der Waals surface area contributed by atoms with Gasteiger partial charge in [0.15, 0.2) is 0 Å². The van der Waals surface area contributed by atoms with E-state index >= 15 is 0 Å². The number of nitrogen functional groups attached to an aromatic ring is 1. The van der Waals surface area contributed by atoms with Gasteiger partial charge in [0.05, 0.1) is 0 Å². The van der Waals surface area contributed by atoms with Gasteiger partial charge in [0.2, 0.25) is 0 Å². The molecule has 0 unspecified atom stereocenters. The maximum absolute atomic E-state index is 13.7. The molecule has 0 atom stereocenters. The topological polar surface area (TPSA) is 72.2 Å². The van der Waals surface area contributed by atoms with Gasteiger partial charge in [0, 0.05) is 15.8 Å². The summed E-state index contributed by atoms with van der Waals surface area (Å²) in [6, 6.07) is 10.3. The van der Waals surface area contributed by atoms with Crippen LogP contribution in [0.1, 0.15) is 0 Å². The van der Waals surface area contributed by atoms with Crippen molar-refractivity contribution in [2.45, 2.75) is 4.90 Å². The van der Waals surface area contributed by atoms with E-state index in [-0.39, 0.29) is 5.69 Å². The Morgan fingerprint density at radius 1 is 1.16 bits per heavy atom. The number of sulfonamides is 1. The van der Waals surface area contributed by atoms with Crippen LogP contribution in [0.15, 0.2) is 51.8 Å². The van der Waals surface area contributed by atoms with E-state index in [0.29, 0.717) is 10.2 Å². The summed E-state index contributed by atoms with van der Waals surface area (Å²) in [6.45, 7) is 0. The number of hydrogen-bond acceptors (Lipinski definition) is 3. The first-order valence-electron chi connectivity index (χ1n) is 5.22. The normalized spacial score (nSPS) is 11.3. The number of para-hydroxylation sites is 1. The lowest BCUT2D eigenvalue weighted by Gasteiger charge is -2.10. The first-order valence-corrected chi connectivity index (χ1v) is 7.50. The Labute approximate surface area is 118 Å². The van der Waals surface area contributed by atoms with Crippen LogP contribution >= 0.6 is 15.9 Å². The molecule has 0 heterocycles. The molecule has 0 fully saturated rings. The first-order chi connectivity index (χ1) is 8.90. The molecule has 0 aliphatic heterocycles. The molecule has 0 saturated heterocycles. The van der Waals surface area contributed by atoms with Crippen molar-refractivity contribution in [1.82, 2.24) is 0 Å². The summed E-state index contributed by atoms with van der Waals surface area (Å²) in [5.41, 5.74) is 6.07. The third-order valence-corrected chi connectivity index (χ3v) is 4.45. The molecule has 19 heavy (non-hydrogen) atoms. The molecule has 0 spiro atoms. The lowest BCUT2D eigenvalue weighted by Crippen LogP contribution is -2.15. The molecule has 0 saturated carbocycles. The van der Waals surface area contributed by atoms with Crippen molar-refractivity contribution in [2.75, 3.05) is 10.5 Å². The molecule has 0 radical (unpaired) electrons. The van der Waals surface area contributed by atoms with Crippen LogP contribution in [0.2, 0.25) is 0 Å². The Balaban J connectivity index is 2.43. The van der Waals surface area contributed by atoms with Crippen molar-refractivity contribution in [2.24, 2.45) is 0 Å². The summed E-state index contributed by atoms with van der Waals surface area (Å²) >= 11 is 3.03. The largest absolute Gasteiger partial charge is 0.398 e. The average Bonchev–Trinajstić information content (AvgIpc) is 2.34. The fourth-order valence-corrected chi connectivity index (χ4v) is 2.94. The van der Waals surface area contributed by atoms with E-state index in [9.17, 15) is 12.8 Å². The third-order valence-electron chi connectivity index (χ3n) is 2.37. The zero-order valence-corrected chi connectivity index (χ0v) is 12.0. The lowest BCUT2D eigenvalue weighted by atomic mass is 10.3. The number of hydrogen-bond donors (Lipinski definition) is 2. The summed E-state index contributed by atoms with van der Waals surface area (Å²) in [7, 11) is -4.01. The summed E-state index contributed by atoms with van der Waals surface area (Å²) in [4.78, 5) is -0.489. The summed E-state index contributed by atoms with van der Waals surface area (Å²) < 4.78 is 40.4. The zero-order chi connectivity index (χ0) is 14.0. The standard InChI is InChI=1S/C12H10BrFN2O2S/c13-9-6-10(14)12(7-11(9)15)19(17,18)16-8-4-2-1-3-5-8/h1-7,16H,15H2. The molecule has 0 aliphatic carbocycles. The predicted octanol–water partition coefficient (Wildman–Crippen LogP) is 2.97. The maximum atomic E-state index is 13.7. The van der Waals surface area contributed by atoms with Crippen LogP contribution in [0.4, 0.5) is 15.8 Å². The van der Waals surface area contributed by atoms with E-state index in [1.807, 2.05) is 0 Å². The van der Waals surface area contributed by atoms with E-state index in [4.69, 9.17) is 5.73 Å². The Bertz CT molecular complexity index is 705. The van der Waals surface area contributed by atoms with Crippen LogP contribution in [0, 0.1) is 5.82 Å². The van der Waals surface area contributed by atoms with Crippen LogP contribution in [-0.2, 0) is 10.0 Å². The Kier molecular flexibility index (Phi) is 3.77. The van der Waals surface area contributed by atoms with Crippen molar-refractivity contribution < 1.29 is 12.8 Å². The molecule has 100 valence electrons. The molecular formula is C12H10BrFN2O2S. The van der Waals surface area contributed by atoms with Crippen molar-refractivity contribution >= 4 is 37.3 Å². The summed E-state index contributed by atoms with van der Waals surface area (Å²) in [6.07, 6.45) is 0. The second kappa shape index (κ2) is 5.18. The molecule has 4 nitrogen and oxygen atoms in total. The Morgan fingerprint density at radius 3 is 2.42 bits per heavy atom. The van der Waals surface area contributed by atoms with Crippen LogP contribution < -0.4 is 10.5 Å². The van der Waals surface area contributed by atoms with Crippen LogP contribution in [0.3, 0.4) is 0 Å². The third kappa shape index (κ3) is 3.05. The van der Waals surface area contributed by atoms with Gasteiger partial charge in [-0.3, -0.25) is 4.72 Å². The molecule has 0 amide bonds. The van der Waals surface area contributed by atoms with E-state index < -0.39 is 20.7 Å². The van der Waals surface area contributed by atoms with Gasteiger partial charge in [-0.15, -0.1) is 0 Å². The molecular weight excluding hydrogens is 335 g/mol. The van der Waals surface area contributed by atoms with E-state index in [0.717, 1.165) is 12.1 Å². The van der Waals surface area contributed by atoms with Gasteiger partial charge in [-0.1, -0.05) is 18.2 Å². The van der Waals surface area contributed by atoms with Crippen molar-refractivity contribution in [3.63, 3.8) is 0 Å². The fourth-order valence-electron chi connectivity index (χ4n) is 1.47. The average molecular weight is 345 g/mol. The van der Waals surface area contributed by atoms with Crippen molar-refractivity contribution in [1.29, 1.82) is 0 Å². The predicted molar refractivity (Wildman–Crippen MR) is 75.8 cm³/mol. The minimum absolute atomic E-state index is 0.148. The number of anilines is 2. The molecule has 2 aromatic rings. The van der Waals surface area contributed by atoms with E-state index in [1.165, 1.54) is 0 Å². The number of nitrogens with two attached hydrogens (primary N) is 1. The zero-order valence-electron chi connectivity index (χ0n) is 9.60. The summed E-state index contributed by atoms with van der Waals surface area (Å²) in [5.74, 6) is -0.871. The minimum Gasteiger partial charge on any atom is -0.398 e. The fraction of sp³-hybridized carbons (Fsp3) is 0. The molecule has 0 aliphatic rings. The first kappa shape index (κ1) is 13.8. The second-order valence-corrected chi connectivity index (χ2v) is 6.28. The molecule has 0 bridgehead atoms. The van der Waals surface area contributed by atoms with Crippen molar-refractivity contribution in [3.05, 3.63) is 52.8 Å². The highest BCUT2D eigenvalue weighted by Crippen LogP contribution is 2.27. The quantitative estimate of drug-likeness (QED) is 0.840. The van der Waals surface area contributed by atoms with Crippen LogP contribution in [0.5, 0.6) is 0 Å². The van der Waals surface area contributed by atoms with Gasteiger partial charge in [-0.2, -0.15) is 0 Å². The SMILES string of the molecule is Nc1cc(S(=O)(=O)Nc2ccccc2)c(F)cc1Br. The monoisotopic (exact) mass is 344 g/mol. The molecule has 7 heteroatoms. The van der Waals surface area contributed by atoms with Gasteiger partial charge >= 0.3 is 0 Å². The second-order valence-electron chi connectivity index (χ2n) is 3.78. The molecule has 2 aromatic carbocycles. The minimum atomic E-state index is -4.01. The maximum Gasteiger partial charge on any atom is 0.264 e. The highest BCUT2D eigenvalue weighted by Gasteiger charge is 2.20.